The number of benzene rings is 2. The van der Waals surface area contributed by atoms with Gasteiger partial charge in [0, 0.05) is 11.3 Å². The molecule has 1 unspecified atom stereocenters. The summed E-state index contributed by atoms with van der Waals surface area (Å²) < 4.78 is 13.6. The first-order valence-corrected chi connectivity index (χ1v) is 7.88. The van der Waals surface area contributed by atoms with E-state index in [9.17, 15) is 9.50 Å². The molecule has 0 aromatic heterocycles. The fourth-order valence-electron chi connectivity index (χ4n) is 1.83. The van der Waals surface area contributed by atoms with Crippen LogP contribution in [0.2, 0.25) is 0 Å². The molecule has 19 heavy (non-hydrogen) atoms. The summed E-state index contributed by atoms with van der Waals surface area (Å²) in [6.45, 7) is 0. The quantitative estimate of drug-likeness (QED) is 0.821. The molecule has 2 aromatic rings. The second-order valence-corrected chi connectivity index (χ2v) is 5.98. The smallest absolute Gasteiger partial charge is 0.137 e. The monoisotopic (exact) mass is 340 g/mol. The summed E-state index contributed by atoms with van der Waals surface area (Å²) >= 11 is 4.82. The molecular formula is C15H14BrFOS. The molecule has 0 saturated heterocycles. The van der Waals surface area contributed by atoms with Crippen molar-refractivity contribution in [3.8, 4) is 0 Å². The van der Waals surface area contributed by atoms with E-state index < -0.39 is 6.10 Å². The van der Waals surface area contributed by atoms with Gasteiger partial charge in [-0.1, -0.05) is 18.2 Å². The third-order valence-corrected chi connectivity index (χ3v) is 4.26. The zero-order chi connectivity index (χ0) is 13.8. The highest BCUT2D eigenvalue weighted by Gasteiger charge is 2.10. The van der Waals surface area contributed by atoms with E-state index in [0.717, 1.165) is 11.1 Å². The highest BCUT2D eigenvalue weighted by atomic mass is 79.9. The third kappa shape index (κ3) is 3.81. The van der Waals surface area contributed by atoms with Crippen LogP contribution in [0, 0.1) is 5.82 Å². The second kappa shape index (κ2) is 6.55. The van der Waals surface area contributed by atoms with Crippen LogP contribution in [0.25, 0.3) is 0 Å². The van der Waals surface area contributed by atoms with Gasteiger partial charge in [-0.3, -0.25) is 0 Å². The van der Waals surface area contributed by atoms with Crippen LogP contribution in [0.4, 0.5) is 4.39 Å². The van der Waals surface area contributed by atoms with E-state index in [4.69, 9.17) is 0 Å². The topological polar surface area (TPSA) is 20.2 Å². The lowest BCUT2D eigenvalue weighted by Gasteiger charge is -2.12. The van der Waals surface area contributed by atoms with Gasteiger partial charge in [-0.25, -0.2) is 4.39 Å². The molecule has 0 spiro atoms. The number of aliphatic hydroxyl groups is 1. The van der Waals surface area contributed by atoms with E-state index in [1.165, 1.54) is 11.0 Å². The summed E-state index contributed by atoms with van der Waals surface area (Å²) in [4.78, 5) is 1.17. The fourth-order valence-corrected chi connectivity index (χ4v) is 2.67. The number of rotatable bonds is 4. The van der Waals surface area contributed by atoms with Crippen LogP contribution >= 0.6 is 27.7 Å². The normalized spacial score (nSPS) is 12.4. The molecule has 100 valence electrons. The molecule has 0 aliphatic heterocycles. The highest BCUT2D eigenvalue weighted by molar-refractivity contribution is 9.10. The summed E-state index contributed by atoms with van der Waals surface area (Å²) in [5.74, 6) is -0.289. The third-order valence-electron chi connectivity index (χ3n) is 2.91. The van der Waals surface area contributed by atoms with Gasteiger partial charge >= 0.3 is 0 Å². The molecule has 0 heterocycles. The average molecular weight is 341 g/mol. The summed E-state index contributed by atoms with van der Waals surface area (Å²) in [7, 11) is 0. The summed E-state index contributed by atoms with van der Waals surface area (Å²) in [6, 6.07) is 12.6. The number of aliphatic hydroxyl groups excluding tert-OH is 1. The van der Waals surface area contributed by atoms with Crippen LogP contribution in [-0.4, -0.2) is 11.4 Å². The van der Waals surface area contributed by atoms with E-state index in [1.807, 2.05) is 30.5 Å². The Morgan fingerprint density at radius 3 is 2.47 bits per heavy atom. The van der Waals surface area contributed by atoms with Crippen LogP contribution in [0.15, 0.2) is 51.8 Å². The van der Waals surface area contributed by atoms with Crippen molar-refractivity contribution in [3.63, 3.8) is 0 Å². The molecule has 0 aliphatic carbocycles. The van der Waals surface area contributed by atoms with E-state index in [-0.39, 0.29) is 5.82 Å². The van der Waals surface area contributed by atoms with E-state index in [2.05, 4.69) is 15.9 Å². The second-order valence-electron chi connectivity index (χ2n) is 4.24. The maximum Gasteiger partial charge on any atom is 0.137 e. The lowest BCUT2D eigenvalue weighted by atomic mass is 10.0. The summed E-state index contributed by atoms with van der Waals surface area (Å²) in [6.07, 6.45) is 1.91. The van der Waals surface area contributed by atoms with E-state index in [0.29, 0.717) is 10.9 Å². The average Bonchev–Trinajstić information content (AvgIpc) is 2.43. The molecule has 0 amide bonds. The molecule has 1 N–H and O–H groups in total. The molecule has 1 nitrogen and oxygen atoms in total. The van der Waals surface area contributed by atoms with Crippen molar-refractivity contribution < 1.29 is 9.50 Å². The van der Waals surface area contributed by atoms with Gasteiger partial charge in [0.25, 0.3) is 0 Å². The summed E-state index contributed by atoms with van der Waals surface area (Å²) in [5.41, 5.74) is 1.77. The Morgan fingerprint density at radius 2 is 1.89 bits per heavy atom. The van der Waals surface area contributed by atoms with Gasteiger partial charge in [-0.15, -0.1) is 11.8 Å². The SMILES string of the molecule is CSc1ccc(C(O)Cc2ccc(F)c(Br)c2)cc1. The predicted octanol–water partition coefficient (Wildman–Crippen LogP) is 4.59. The number of thioether (sulfide) groups is 1. The van der Waals surface area contributed by atoms with Gasteiger partial charge in [0.15, 0.2) is 0 Å². The molecule has 0 aliphatic rings. The molecule has 2 aromatic carbocycles. The maximum atomic E-state index is 13.1. The zero-order valence-electron chi connectivity index (χ0n) is 10.4. The van der Waals surface area contributed by atoms with Gasteiger partial charge in [-0.05, 0) is 57.6 Å². The largest absolute Gasteiger partial charge is 0.388 e. The summed E-state index contributed by atoms with van der Waals surface area (Å²) in [5, 5.41) is 10.2. The molecule has 0 saturated carbocycles. The molecule has 0 radical (unpaired) electrons. The van der Waals surface area contributed by atoms with Crippen molar-refractivity contribution in [2.24, 2.45) is 0 Å². The lowest BCUT2D eigenvalue weighted by molar-refractivity contribution is 0.178. The minimum absolute atomic E-state index is 0.289. The van der Waals surface area contributed by atoms with Crippen molar-refractivity contribution in [2.45, 2.75) is 17.4 Å². The Balaban J connectivity index is 2.10. The van der Waals surface area contributed by atoms with Crippen molar-refractivity contribution in [1.82, 2.24) is 0 Å². The van der Waals surface area contributed by atoms with Crippen LogP contribution < -0.4 is 0 Å². The van der Waals surface area contributed by atoms with Gasteiger partial charge < -0.3 is 5.11 Å². The van der Waals surface area contributed by atoms with Gasteiger partial charge in [0.2, 0.25) is 0 Å². The van der Waals surface area contributed by atoms with Crippen LogP contribution in [0.1, 0.15) is 17.2 Å². The molecule has 0 fully saturated rings. The first-order valence-electron chi connectivity index (χ1n) is 5.86. The van der Waals surface area contributed by atoms with Crippen molar-refractivity contribution in [1.29, 1.82) is 0 Å². The lowest BCUT2D eigenvalue weighted by Crippen LogP contribution is -2.02. The molecule has 2 rings (SSSR count). The van der Waals surface area contributed by atoms with Crippen LogP contribution in [0.5, 0.6) is 0 Å². The Hall–Kier alpha value is -0.840. The van der Waals surface area contributed by atoms with Gasteiger partial charge in [-0.2, -0.15) is 0 Å². The standard InChI is InChI=1S/C15H14BrFOS/c1-19-12-5-3-11(4-6-12)15(18)9-10-2-7-14(17)13(16)8-10/h2-8,15,18H,9H2,1H3. The van der Waals surface area contributed by atoms with E-state index >= 15 is 0 Å². The van der Waals surface area contributed by atoms with Crippen molar-refractivity contribution in [2.75, 3.05) is 6.26 Å². The zero-order valence-corrected chi connectivity index (χ0v) is 12.8. The number of hydrogen-bond acceptors (Lipinski definition) is 2. The van der Waals surface area contributed by atoms with E-state index in [1.54, 1.807) is 23.9 Å². The predicted molar refractivity (Wildman–Crippen MR) is 81.0 cm³/mol. The molecule has 1 atom stereocenters. The van der Waals surface area contributed by atoms with Crippen LogP contribution in [-0.2, 0) is 6.42 Å². The minimum atomic E-state index is -0.576. The first kappa shape index (κ1) is 14.6. The van der Waals surface area contributed by atoms with Gasteiger partial charge in [0.1, 0.15) is 5.82 Å². The van der Waals surface area contributed by atoms with Crippen LogP contribution in [0.3, 0.4) is 0 Å². The molecule has 0 bridgehead atoms. The number of hydrogen-bond donors (Lipinski definition) is 1. The van der Waals surface area contributed by atoms with Crippen molar-refractivity contribution in [3.05, 3.63) is 63.9 Å². The maximum absolute atomic E-state index is 13.1. The Kier molecular flexibility index (Phi) is 5.02. The fraction of sp³-hybridized carbons (Fsp3) is 0.200. The van der Waals surface area contributed by atoms with Crippen molar-refractivity contribution >= 4 is 27.7 Å². The van der Waals surface area contributed by atoms with Gasteiger partial charge in [0.05, 0.1) is 10.6 Å². The number of halogens is 2. The molecule has 4 heteroatoms. The highest BCUT2D eigenvalue weighted by Crippen LogP contribution is 2.24. The minimum Gasteiger partial charge on any atom is -0.388 e. The first-order chi connectivity index (χ1) is 9.10. The Labute approximate surface area is 125 Å². The molecular weight excluding hydrogens is 327 g/mol. The Bertz CT molecular complexity index is 557. The Morgan fingerprint density at radius 1 is 1.21 bits per heavy atom.